The third-order valence-electron chi connectivity index (χ3n) is 4.01. The maximum atomic E-state index is 11.7. The van der Waals surface area contributed by atoms with Gasteiger partial charge in [-0.3, -0.25) is 9.59 Å². The van der Waals surface area contributed by atoms with Crippen LogP contribution in [-0.4, -0.2) is 22.9 Å². The van der Waals surface area contributed by atoms with Crippen LogP contribution in [0.15, 0.2) is 0 Å². The maximum Gasteiger partial charge on any atom is 0.320 e. The molecule has 0 aliphatic carbocycles. The third kappa shape index (κ3) is 11.4. The number of aliphatic carboxylic acids is 1. The van der Waals surface area contributed by atoms with Gasteiger partial charge < -0.3 is 10.8 Å². The second-order valence-electron chi connectivity index (χ2n) is 6.16. The quantitative estimate of drug-likeness (QED) is 0.476. The van der Waals surface area contributed by atoms with Crippen LogP contribution in [-0.2, 0) is 9.59 Å². The van der Waals surface area contributed by atoms with E-state index in [1.54, 1.807) is 6.92 Å². The van der Waals surface area contributed by atoms with Gasteiger partial charge in [0.05, 0.1) is 0 Å². The van der Waals surface area contributed by atoms with Crippen molar-refractivity contribution < 1.29 is 14.7 Å². The van der Waals surface area contributed by atoms with Gasteiger partial charge in [-0.2, -0.15) is 0 Å². The van der Waals surface area contributed by atoms with E-state index in [-0.39, 0.29) is 18.1 Å². The Bertz CT molecular complexity index is 292. The fraction of sp³-hybridized carbons (Fsp3) is 0.882. The van der Waals surface area contributed by atoms with E-state index in [2.05, 4.69) is 6.92 Å². The number of nitrogens with two attached hydrogens (primary N) is 1. The van der Waals surface area contributed by atoms with Crippen molar-refractivity contribution in [3.8, 4) is 0 Å². The first-order chi connectivity index (χ1) is 9.99. The van der Waals surface area contributed by atoms with Crippen LogP contribution in [0, 0.1) is 5.92 Å². The van der Waals surface area contributed by atoms with Crippen molar-refractivity contribution in [2.24, 2.45) is 11.7 Å². The maximum absolute atomic E-state index is 11.7. The molecule has 4 nitrogen and oxygen atoms in total. The minimum Gasteiger partial charge on any atom is -0.480 e. The molecule has 3 N–H and O–H groups in total. The van der Waals surface area contributed by atoms with Gasteiger partial charge in [0.1, 0.15) is 11.8 Å². The Labute approximate surface area is 129 Å². The van der Waals surface area contributed by atoms with E-state index in [1.165, 1.54) is 44.9 Å². The van der Waals surface area contributed by atoms with Gasteiger partial charge in [-0.1, -0.05) is 65.2 Å². The number of rotatable bonds is 14. The van der Waals surface area contributed by atoms with Crippen LogP contribution >= 0.6 is 0 Å². The van der Waals surface area contributed by atoms with Gasteiger partial charge in [-0.05, 0) is 12.3 Å². The van der Waals surface area contributed by atoms with Crippen molar-refractivity contribution in [1.82, 2.24) is 0 Å². The van der Waals surface area contributed by atoms with Crippen molar-refractivity contribution in [2.75, 3.05) is 0 Å². The smallest absolute Gasteiger partial charge is 0.320 e. The first-order valence-corrected chi connectivity index (χ1v) is 8.49. The van der Waals surface area contributed by atoms with Gasteiger partial charge in [0.2, 0.25) is 0 Å². The lowest BCUT2D eigenvalue weighted by atomic mass is 9.94. The van der Waals surface area contributed by atoms with Crippen molar-refractivity contribution in [3.63, 3.8) is 0 Å². The van der Waals surface area contributed by atoms with Crippen molar-refractivity contribution in [1.29, 1.82) is 0 Å². The Morgan fingerprint density at radius 1 is 0.952 bits per heavy atom. The normalized spacial score (nSPS) is 13.9. The van der Waals surface area contributed by atoms with Gasteiger partial charge in [-0.25, -0.2) is 0 Å². The molecule has 4 heteroatoms. The van der Waals surface area contributed by atoms with E-state index in [1.807, 2.05) is 0 Å². The van der Waals surface area contributed by atoms with Gasteiger partial charge in [0, 0.05) is 12.8 Å². The highest BCUT2D eigenvalue weighted by atomic mass is 16.4. The highest BCUT2D eigenvalue weighted by Crippen LogP contribution is 2.13. The summed E-state index contributed by atoms with van der Waals surface area (Å²) in [6, 6.07) is -0.933. The summed E-state index contributed by atoms with van der Waals surface area (Å²) in [7, 11) is 0. The zero-order valence-electron chi connectivity index (χ0n) is 13.8. The van der Waals surface area contributed by atoms with Crippen molar-refractivity contribution in [2.45, 2.75) is 90.5 Å². The lowest BCUT2D eigenvalue weighted by molar-refractivity contribution is -0.139. The molecule has 0 aliphatic heterocycles. The van der Waals surface area contributed by atoms with E-state index in [0.717, 1.165) is 12.8 Å². The molecule has 0 amide bonds. The predicted octanol–water partition coefficient (Wildman–Crippen LogP) is 3.91. The van der Waals surface area contributed by atoms with Gasteiger partial charge in [0.15, 0.2) is 0 Å². The van der Waals surface area contributed by atoms with Gasteiger partial charge in [0.25, 0.3) is 0 Å². The standard InChI is InChI=1S/C17H33NO3/c1-3-4-5-6-7-8-9-10-11-12-15(19)13-14(2)16(18)17(20)21/h14,16H,3-13,18H2,1-2H3,(H,20,21)/t14?,16-/m0/s1. The Kier molecular flexibility index (Phi) is 12.3. The average Bonchev–Trinajstić information content (AvgIpc) is 2.44. The van der Waals surface area contributed by atoms with E-state index in [4.69, 9.17) is 10.8 Å². The number of Topliss-reactive ketones (excluding diaryl/α,β-unsaturated/α-hetero) is 1. The van der Waals surface area contributed by atoms with Crippen LogP contribution in [0.3, 0.4) is 0 Å². The molecule has 0 aliphatic rings. The Balaban J connectivity index is 3.48. The summed E-state index contributed by atoms with van der Waals surface area (Å²) in [6.45, 7) is 3.95. The highest BCUT2D eigenvalue weighted by Gasteiger charge is 2.21. The van der Waals surface area contributed by atoms with Crippen molar-refractivity contribution >= 4 is 11.8 Å². The second kappa shape index (κ2) is 12.8. The number of hydrogen-bond donors (Lipinski definition) is 2. The number of hydrogen-bond acceptors (Lipinski definition) is 3. The van der Waals surface area contributed by atoms with E-state index >= 15 is 0 Å². The molecule has 0 heterocycles. The molecule has 1 unspecified atom stereocenters. The first-order valence-electron chi connectivity index (χ1n) is 8.49. The molecule has 0 spiro atoms. The Hall–Kier alpha value is -0.900. The molecule has 124 valence electrons. The molecule has 2 atom stereocenters. The molecule has 0 saturated heterocycles. The molecule has 21 heavy (non-hydrogen) atoms. The summed E-state index contributed by atoms with van der Waals surface area (Å²) in [6.07, 6.45) is 11.9. The average molecular weight is 299 g/mol. The van der Waals surface area contributed by atoms with Gasteiger partial charge >= 0.3 is 5.97 Å². The molecule has 0 aromatic carbocycles. The molecule has 0 bridgehead atoms. The molecule has 0 saturated carbocycles. The number of ketones is 1. The molecule has 0 aromatic rings. The van der Waals surface area contributed by atoms with Crippen LogP contribution in [0.25, 0.3) is 0 Å². The zero-order chi connectivity index (χ0) is 16.1. The van der Waals surface area contributed by atoms with Crippen LogP contribution in [0.1, 0.15) is 84.5 Å². The Morgan fingerprint density at radius 2 is 1.43 bits per heavy atom. The Morgan fingerprint density at radius 3 is 1.90 bits per heavy atom. The highest BCUT2D eigenvalue weighted by molar-refractivity contribution is 5.80. The SMILES string of the molecule is CCCCCCCCCCCC(=O)CC(C)[C@H](N)C(=O)O. The van der Waals surface area contributed by atoms with Crippen LogP contribution in [0.2, 0.25) is 0 Å². The van der Waals surface area contributed by atoms with E-state index in [0.29, 0.717) is 6.42 Å². The fourth-order valence-corrected chi connectivity index (χ4v) is 2.46. The zero-order valence-corrected chi connectivity index (χ0v) is 13.8. The monoisotopic (exact) mass is 299 g/mol. The molecular formula is C17H33NO3. The fourth-order valence-electron chi connectivity index (χ4n) is 2.46. The summed E-state index contributed by atoms with van der Waals surface area (Å²) in [5, 5.41) is 8.78. The summed E-state index contributed by atoms with van der Waals surface area (Å²) in [4.78, 5) is 22.5. The molecular weight excluding hydrogens is 266 g/mol. The summed E-state index contributed by atoms with van der Waals surface area (Å²) >= 11 is 0. The van der Waals surface area contributed by atoms with E-state index < -0.39 is 12.0 Å². The largest absolute Gasteiger partial charge is 0.480 e. The first kappa shape index (κ1) is 20.1. The number of unbranched alkanes of at least 4 members (excludes halogenated alkanes) is 8. The van der Waals surface area contributed by atoms with Crippen molar-refractivity contribution in [3.05, 3.63) is 0 Å². The van der Waals surface area contributed by atoms with Crippen LogP contribution < -0.4 is 5.73 Å². The van der Waals surface area contributed by atoms with Crippen LogP contribution in [0.5, 0.6) is 0 Å². The number of carbonyl (C=O) groups excluding carboxylic acids is 1. The number of carboxylic acids is 1. The lowest BCUT2D eigenvalue weighted by Crippen LogP contribution is -2.37. The summed E-state index contributed by atoms with van der Waals surface area (Å²) in [5.41, 5.74) is 5.50. The minimum absolute atomic E-state index is 0.141. The van der Waals surface area contributed by atoms with Gasteiger partial charge in [-0.15, -0.1) is 0 Å². The van der Waals surface area contributed by atoms with E-state index in [9.17, 15) is 9.59 Å². The van der Waals surface area contributed by atoms with Crippen LogP contribution in [0.4, 0.5) is 0 Å². The third-order valence-corrected chi connectivity index (χ3v) is 4.01. The summed E-state index contributed by atoms with van der Waals surface area (Å²) in [5.74, 6) is -1.17. The number of carbonyl (C=O) groups is 2. The molecule has 0 radical (unpaired) electrons. The molecule has 0 aromatic heterocycles. The lowest BCUT2D eigenvalue weighted by Gasteiger charge is -2.14. The molecule has 0 rings (SSSR count). The molecule has 0 fully saturated rings. The topological polar surface area (TPSA) is 80.4 Å². The second-order valence-corrected chi connectivity index (χ2v) is 6.16. The predicted molar refractivity (Wildman–Crippen MR) is 86.2 cm³/mol. The number of carboxylic acid groups (broad SMARTS) is 1. The summed E-state index contributed by atoms with van der Waals surface area (Å²) < 4.78 is 0. The minimum atomic E-state index is -1.03.